The van der Waals surface area contributed by atoms with Gasteiger partial charge in [0.1, 0.15) is 12.1 Å². The van der Waals surface area contributed by atoms with Crippen molar-refractivity contribution in [3.05, 3.63) is 58.2 Å². The summed E-state index contributed by atoms with van der Waals surface area (Å²) in [6.07, 6.45) is 3.01. The quantitative estimate of drug-likeness (QED) is 0.412. The molecule has 0 aliphatic heterocycles. The van der Waals surface area contributed by atoms with Gasteiger partial charge in [0, 0.05) is 18.7 Å². The maximum absolute atomic E-state index is 11.8. The summed E-state index contributed by atoms with van der Waals surface area (Å²) >= 11 is 0. The topological polar surface area (TPSA) is 148 Å². The van der Waals surface area contributed by atoms with E-state index in [0.29, 0.717) is 5.56 Å². The number of hydrogen-bond donors (Lipinski definition) is 3. The minimum Gasteiger partial charge on any atom is -0.480 e. The normalized spacial score (nSPS) is 13.2. The first kappa shape index (κ1) is 21.0. The molecule has 1 aromatic carbocycles. The molecule has 10 nitrogen and oxygen atoms in total. The number of carbonyl (C=O) groups is 2. The Morgan fingerprint density at radius 2 is 2.00 bits per heavy atom. The van der Waals surface area contributed by atoms with Gasteiger partial charge in [0.15, 0.2) is 0 Å². The van der Waals surface area contributed by atoms with Crippen LogP contribution in [0.5, 0.6) is 0 Å². The van der Waals surface area contributed by atoms with E-state index in [-0.39, 0.29) is 30.3 Å². The molecule has 0 aliphatic rings. The third-order valence-corrected chi connectivity index (χ3v) is 4.13. The number of aromatic nitrogens is 2. The number of rotatable bonds is 10. The van der Waals surface area contributed by atoms with Crippen LogP contribution in [0.3, 0.4) is 0 Å². The van der Waals surface area contributed by atoms with Crippen molar-refractivity contribution in [1.29, 1.82) is 0 Å². The van der Waals surface area contributed by atoms with Crippen molar-refractivity contribution in [2.24, 2.45) is 5.92 Å². The maximum atomic E-state index is 11.8. The van der Waals surface area contributed by atoms with E-state index in [1.54, 1.807) is 12.1 Å². The molecule has 0 fully saturated rings. The molecule has 0 amide bonds. The van der Waals surface area contributed by atoms with Crippen LogP contribution in [-0.2, 0) is 16.1 Å². The number of non-ortho nitro benzene ring substituents is 1. The smallest absolute Gasteiger partial charge is 0.326 e. The van der Waals surface area contributed by atoms with Crippen LogP contribution in [-0.4, -0.2) is 42.7 Å². The number of nitrogens with zero attached hydrogens (tertiary/aromatic N) is 3. The second-order valence-electron chi connectivity index (χ2n) is 6.83. The Kier molecular flexibility index (Phi) is 6.83. The molecule has 2 aromatic rings. The van der Waals surface area contributed by atoms with E-state index in [1.165, 1.54) is 29.2 Å². The summed E-state index contributed by atoms with van der Waals surface area (Å²) in [5.41, 5.74) is 0.776. The predicted octanol–water partition coefficient (Wildman–Crippen LogP) is 2.05. The molecule has 0 spiro atoms. The van der Waals surface area contributed by atoms with Crippen molar-refractivity contribution in [2.45, 2.75) is 38.9 Å². The van der Waals surface area contributed by atoms with Crippen LogP contribution in [0.2, 0.25) is 0 Å². The highest BCUT2D eigenvalue weighted by Crippen LogP contribution is 2.19. The fourth-order valence-electron chi connectivity index (χ4n) is 2.86. The van der Waals surface area contributed by atoms with Gasteiger partial charge in [0.05, 0.1) is 23.1 Å². The summed E-state index contributed by atoms with van der Waals surface area (Å²) in [6, 6.07) is 3.65. The average molecular weight is 390 g/mol. The van der Waals surface area contributed by atoms with Gasteiger partial charge in [0.25, 0.3) is 5.69 Å². The van der Waals surface area contributed by atoms with Crippen molar-refractivity contribution < 1.29 is 24.7 Å². The molecule has 2 rings (SSSR count). The van der Waals surface area contributed by atoms with Crippen molar-refractivity contribution in [3.63, 3.8) is 0 Å². The number of benzene rings is 1. The lowest BCUT2D eigenvalue weighted by Crippen LogP contribution is -2.43. The lowest BCUT2D eigenvalue weighted by molar-refractivity contribution is -0.384. The fourth-order valence-corrected chi connectivity index (χ4v) is 2.86. The number of nitrogens with one attached hydrogen (secondary N) is 1. The third kappa shape index (κ3) is 5.36. The molecule has 0 radical (unpaired) electrons. The van der Waals surface area contributed by atoms with Gasteiger partial charge in [-0.2, -0.15) is 0 Å². The highest BCUT2D eigenvalue weighted by atomic mass is 16.6. The van der Waals surface area contributed by atoms with Crippen LogP contribution in [0, 0.1) is 16.0 Å². The number of nitro groups is 1. The van der Waals surface area contributed by atoms with Crippen molar-refractivity contribution >= 4 is 17.6 Å². The van der Waals surface area contributed by atoms with Crippen LogP contribution >= 0.6 is 0 Å². The highest BCUT2D eigenvalue weighted by molar-refractivity contribution is 5.78. The zero-order valence-electron chi connectivity index (χ0n) is 15.5. The van der Waals surface area contributed by atoms with Crippen LogP contribution in [0.15, 0.2) is 36.8 Å². The molecule has 1 aromatic heterocycles. The summed E-state index contributed by atoms with van der Waals surface area (Å²) in [5.74, 6) is -2.32. The van der Waals surface area contributed by atoms with Gasteiger partial charge >= 0.3 is 11.9 Å². The Hall–Kier alpha value is -3.27. The van der Waals surface area contributed by atoms with Gasteiger partial charge in [-0.1, -0.05) is 26.0 Å². The fraction of sp³-hybridized carbons (Fsp3) is 0.389. The van der Waals surface area contributed by atoms with Crippen LogP contribution in [0.25, 0.3) is 0 Å². The van der Waals surface area contributed by atoms with Gasteiger partial charge in [0.2, 0.25) is 0 Å². The molecule has 0 aliphatic carbocycles. The average Bonchev–Trinajstić information content (AvgIpc) is 3.05. The summed E-state index contributed by atoms with van der Waals surface area (Å²) in [5, 5.41) is 32.6. The van der Waals surface area contributed by atoms with E-state index >= 15 is 0 Å². The summed E-state index contributed by atoms with van der Waals surface area (Å²) in [7, 11) is 0. The van der Waals surface area contributed by atoms with Gasteiger partial charge < -0.3 is 14.8 Å². The van der Waals surface area contributed by atoms with Crippen LogP contribution in [0.1, 0.15) is 37.6 Å². The SMILES string of the molecule is CC(C)CC(N[C@H](C(=O)O)c1cncn1Cc1cccc([N+](=O)[O-])c1)C(=O)O. The van der Waals surface area contributed by atoms with E-state index in [2.05, 4.69) is 10.3 Å². The lowest BCUT2D eigenvalue weighted by Gasteiger charge is -2.22. The number of carboxylic acid groups (broad SMARTS) is 2. The minimum absolute atomic E-state index is 0.0535. The Labute approximate surface area is 161 Å². The Balaban J connectivity index is 2.29. The summed E-state index contributed by atoms with van der Waals surface area (Å²) in [4.78, 5) is 37.7. The predicted molar refractivity (Wildman–Crippen MR) is 98.8 cm³/mol. The zero-order valence-corrected chi connectivity index (χ0v) is 15.5. The van der Waals surface area contributed by atoms with E-state index in [1.807, 2.05) is 13.8 Å². The van der Waals surface area contributed by atoms with Gasteiger partial charge in [-0.15, -0.1) is 0 Å². The molecule has 0 bridgehead atoms. The first-order valence-corrected chi connectivity index (χ1v) is 8.64. The van der Waals surface area contributed by atoms with Crippen LogP contribution < -0.4 is 5.32 Å². The first-order valence-electron chi connectivity index (χ1n) is 8.64. The second kappa shape index (κ2) is 9.09. The molecule has 150 valence electrons. The number of nitro benzene ring substituents is 1. The molecule has 0 saturated heterocycles. The summed E-state index contributed by atoms with van der Waals surface area (Å²) in [6.45, 7) is 3.85. The summed E-state index contributed by atoms with van der Waals surface area (Å²) < 4.78 is 1.53. The molecule has 28 heavy (non-hydrogen) atoms. The monoisotopic (exact) mass is 390 g/mol. The number of carboxylic acids is 2. The zero-order chi connectivity index (χ0) is 20.8. The molecule has 2 atom stereocenters. The van der Waals surface area contributed by atoms with E-state index in [0.717, 1.165) is 0 Å². The lowest BCUT2D eigenvalue weighted by atomic mass is 10.0. The number of hydrogen-bond acceptors (Lipinski definition) is 6. The standard InChI is InChI=1S/C18H22N4O6/c1-11(2)6-14(17(23)24)20-16(18(25)26)15-8-19-10-21(15)9-12-4-3-5-13(7-12)22(27)28/h3-5,7-8,10-11,14,16,20H,6,9H2,1-2H3,(H,23,24)(H,25,26)/t14?,16-/m0/s1. The molecule has 1 unspecified atom stereocenters. The van der Waals surface area contributed by atoms with Crippen molar-refractivity contribution in [3.8, 4) is 0 Å². The molecule has 10 heteroatoms. The number of imidazole rings is 1. The molecular weight excluding hydrogens is 368 g/mol. The van der Waals surface area contributed by atoms with E-state index in [9.17, 15) is 29.9 Å². The maximum Gasteiger partial charge on any atom is 0.326 e. The molecular formula is C18H22N4O6. The second-order valence-corrected chi connectivity index (χ2v) is 6.83. The van der Waals surface area contributed by atoms with Gasteiger partial charge in [-0.25, -0.2) is 4.98 Å². The van der Waals surface area contributed by atoms with Gasteiger partial charge in [-0.3, -0.25) is 25.0 Å². The largest absolute Gasteiger partial charge is 0.480 e. The molecule has 1 heterocycles. The first-order chi connectivity index (χ1) is 13.2. The third-order valence-electron chi connectivity index (χ3n) is 4.13. The van der Waals surface area contributed by atoms with Crippen LogP contribution in [0.4, 0.5) is 5.69 Å². The Morgan fingerprint density at radius 1 is 1.29 bits per heavy atom. The highest BCUT2D eigenvalue weighted by Gasteiger charge is 2.30. The molecule has 3 N–H and O–H groups in total. The minimum atomic E-state index is -1.29. The molecule has 0 saturated carbocycles. The van der Waals surface area contributed by atoms with Crippen molar-refractivity contribution in [2.75, 3.05) is 0 Å². The number of aliphatic carboxylic acids is 2. The van der Waals surface area contributed by atoms with E-state index < -0.39 is 28.9 Å². The Bertz CT molecular complexity index is 863. The van der Waals surface area contributed by atoms with E-state index in [4.69, 9.17) is 0 Å². The van der Waals surface area contributed by atoms with Gasteiger partial charge in [-0.05, 0) is 17.9 Å². The Morgan fingerprint density at radius 3 is 2.57 bits per heavy atom. The van der Waals surface area contributed by atoms with Crippen molar-refractivity contribution in [1.82, 2.24) is 14.9 Å².